The number of aromatic nitrogens is 2. The summed E-state index contributed by atoms with van der Waals surface area (Å²) in [5, 5.41) is 0.951. The molecular formula is C14H10N2O. The number of fused-ring (bicyclic) bond motifs is 1. The van der Waals surface area contributed by atoms with E-state index >= 15 is 0 Å². The molecule has 3 rings (SSSR count). The highest BCUT2D eigenvalue weighted by Gasteiger charge is 2.08. The summed E-state index contributed by atoms with van der Waals surface area (Å²) in [6, 6.07) is 13.5. The predicted molar refractivity (Wildman–Crippen MR) is 66.9 cm³/mol. The van der Waals surface area contributed by atoms with Crippen LogP contribution in [0.5, 0.6) is 0 Å². The summed E-state index contributed by atoms with van der Waals surface area (Å²) in [5.74, 6) is 0. The monoisotopic (exact) mass is 222 g/mol. The SMILES string of the molecule is O=Cc1cc2cc[nH]c2nc1-c1ccccc1. The van der Waals surface area contributed by atoms with Gasteiger partial charge in [0.2, 0.25) is 0 Å². The first kappa shape index (κ1) is 9.78. The first-order valence-corrected chi connectivity index (χ1v) is 5.37. The van der Waals surface area contributed by atoms with Gasteiger partial charge in [0, 0.05) is 22.7 Å². The van der Waals surface area contributed by atoms with Gasteiger partial charge in [0.05, 0.1) is 5.69 Å². The molecule has 0 unspecified atom stereocenters. The van der Waals surface area contributed by atoms with E-state index in [0.717, 1.165) is 28.6 Å². The van der Waals surface area contributed by atoms with Crippen molar-refractivity contribution in [2.45, 2.75) is 0 Å². The number of pyridine rings is 1. The van der Waals surface area contributed by atoms with Crippen LogP contribution in [-0.4, -0.2) is 16.3 Å². The molecule has 0 radical (unpaired) electrons. The topological polar surface area (TPSA) is 45.8 Å². The Hall–Kier alpha value is -2.42. The van der Waals surface area contributed by atoms with Crippen molar-refractivity contribution in [3.05, 3.63) is 54.2 Å². The van der Waals surface area contributed by atoms with Crippen LogP contribution in [0, 0.1) is 0 Å². The second-order valence-corrected chi connectivity index (χ2v) is 3.83. The van der Waals surface area contributed by atoms with E-state index in [0.29, 0.717) is 5.56 Å². The Morgan fingerprint density at radius 1 is 1.12 bits per heavy atom. The van der Waals surface area contributed by atoms with Gasteiger partial charge in [-0.3, -0.25) is 4.79 Å². The predicted octanol–water partition coefficient (Wildman–Crippen LogP) is 3.04. The lowest BCUT2D eigenvalue weighted by Gasteiger charge is -2.04. The number of nitrogens with one attached hydrogen (secondary N) is 1. The summed E-state index contributed by atoms with van der Waals surface area (Å²) >= 11 is 0. The minimum atomic E-state index is 0.614. The van der Waals surface area contributed by atoms with Crippen molar-refractivity contribution in [1.29, 1.82) is 0 Å². The fraction of sp³-hybridized carbons (Fsp3) is 0. The van der Waals surface area contributed by atoms with Crippen molar-refractivity contribution in [2.24, 2.45) is 0 Å². The summed E-state index contributed by atoms with van der Waals surface area (Å²) in [7, 11) is 0. The third-order valence-electron chi connectivity index (χ3n) is 2.74. The van der Waals surface area contributed by atoms with Gasteiger partial charge >= 0.3 is 0 Å². The van der Waals surface area contributed by atoms with Crippen LogP contribution in [0.15, 0.2) is 48.7 Å². The molecule has 1 aromatic carbocycles. The molecule has 82 valence electrons. The lowest BCUT2D eigenvalue weighted by molar-refractivity contribution is 0.112. The van der Waals surface area contributed by atoms with E-state index in [9.17, 15) is 4.79 Å². The van der Waals surface area contributed by atoms with Gasteiger partial charge < -0.3 is 4.98 Å². The number of carbonyl (C=O) groups is 1. The third kappa shape index (κ3) is 1.61. The fourth-order valence-electron chi connectivity index (χ4n) is 1.92. The normalized spacial score (nSPS) is 10.6. The van der Waals surface area contributed by atoms with Crippen molar-refractivity contribution in [2.75, 3.05) is 0 Å². The molecule has 0 saturated heterocycles. The lowest BCUT2D eigenvalue weighted by atomic mass is 10.1. The largest absolute Gasteiger partial charge is 0.346 e. The van der Waals surface area contributed by atoms with E-state index < -0.39 is 0 Å². The van der Waals surface area contributed by atoms with Crippen LogP contribution < -0.4 is 0 Å². The average molecular weight is 222 g/mol. The first-order valence-electron chi connectivity index (χ1n) is 5.37. The Balaban J connectivity index is 2.30. The molecule has 3 aromatic rings. The molecule has 0 spiro atoms. The highest BCUT2D eigenvalue weighted by molar-refractivity contribution is 5.92. The van der Waals surface area contributed by atoms with Gasteiger partial charge in [-0.2, -0.15) is 0 Å². The number of rotatable bonds is 2. The molecule has 0 atom stereocenters. The Morgan fingerprint density at radius 2 is 1.94 bits per heavy atom. The van der Waals surface area contributed by atoms with Gasteiger partial charge in [0.15, 0.2) is 6.29 Å². The summed E-state index contributed by atoms with van der Waals surface area (Å²) in [4.78, 5) is 18.7. The Bertz CT molecular complexity index is 671. The molecule has 0 aliphatic rings. The molecule has 3 nitrogen and oxygen atoms in total. The Kier molecular flexibility index (Phi) is 2.22. The number of carbonyl (C=O) groups excluding carboxylic acids is 1. The summed E-state index contributed by atoms with van der Waals surface area (Å²) in [6.45, 7) is 0. The maximum atomic E-state index is 11.1. The van der Waals surface area contributed by atoms with Gasteiger partial charge in [-0.05, 0) is 12.1 Å². The van der Waals surface area contributed by atoms with Gasteiger partial charge in [-0.15, -0.1) is 0 Å². The van der Waals surface area contributed by atoms with Crippen molar-refractivity contribution in [3.8, 4) is 11.3 Å². The summed E-state index contributed by atoms with van der Waals surface area (Å²) in [6.07, 6.45) is 2.67. The molecule has 0 saturated carbocycles. The lowest BCUT2D eigenvalue weighted by Crippen LogP contribution is -1.92. The van der Waals surface area contributed by atoms with Gasteiger partial charge in [0.25, 0.3) is 0 Å². The number of hydrogen-bond acceptors (Lipinski definition) is 2. The fourth-order valence-corrected chi connectivity index (χ4v) is 1.92. The van der Waals surface area contributed by atoms with E-state index in [2.05, 4.69) is 9.97 Å². The molecule has 2 heterocycles. The highest BCUT2D eigenvalue weighted by Crippen LogP contribution is 2.23. The van der Waals surface area contributed by atoms with Crippen molar-refractivity contribution >= 4 is 17.3 Å². The van der Waals surface area contributed by atoms with Crippen LogP contribution in [0.25, 0.3) is 22.3 Å². The molecule has 17 heavy (non-hydrogen) atoms. The van der Waals surface area contributed by atoms with Crippen LogP contribution in [-0.2, 0) is 0 Å². The number of H-pyrrole nitrogens is 1. The molecular weight excluding hydrogens is 212 g/mol. The standard InChI is InChI=1S/C14H10N2O/c17-9-12-8-11-6-7-15-14(11)16-13(12)10-4-2-1-3-5-10/h1-9H,(H,15,16). The molecule has 0 fully saturated rings. The zero-order chi connectivity index (χ0) is 11.7. The number of aldehydes is 1. The third-order valence-corrected chi connectivity index (χ3v) is 2.74. The maximum Gasteiger partial charge on any atom is 0.152 e. The van der Waals surface area contributed by atoms with Crippen LogP contribution >= 0.6 is 0 Å². The number of benzene rings is 1. The Labute approximate surface area is 98.1 Å². The first-order chi connectivity index (χ1) is 8.38. The van der Waals surface area contributed by atoms with Gasteiger partial charge in [-0.25, -0.2) is 4.98 Å². The number of nitrogens with zero attached hydrogens (tertiary/aromatic N) is 1. The van der Waals surface area contributed by atoms with Crippen LogP contribution in [0.3, 0.4) is 0 Å². The minimum Gasteiger partial charge on any atom is -0.346 e. The van der Waals surface area contributed by atoms with Crippen LogP contribution in [0.2, 0.25) is 0 Å². The van der Waals surface area contributed by atoms with Crippen LogP contribution in [0.1, 0.15) is 10.4 Å². The van der Waals surface area contributed by atoms with E-state index in [-0.39, 0.29) is 0 Å². The van der Waals surface area contributed by atoms with Gasteiger partial charge in [0.1, 0.15) is 5.65 Å². The highest BCUT2D eigenvalue weighted by atomic mass is 16.1. The van der Waals surface area contributed by atoms with E-state index in [1.54, 1.807) is 0 Å². The minimum absolute atomic E-state index is 0.614. The maximum absolute atomic E-state index is 11.1. The van der Waals surface area contributed by atoms with Crippen molar-refractivity contribution in [1.82, 2.24) is 9.97 Å². The number of hydrogen-bond donors (Lipinski definition) is 1. The summed E-state index contributed by atoms with van der Waals surface area (Å²) in [5.41, 5.74) is 3.08. The molecule has 1 N–H and O–H groups in total. The smallest absolute Gasteiger partial charge is 0.152 e. The van der Waals surface area contributed by atoms with Gasteiger partial charge in [-0.1, -0.05) is 30.3 Å². The number of aromatic amines is 1. The van der Waals surface area contributed by atoms with E-state index in [1.165, 1.54) is 0 Å². The average Bonchev–Trinajstić information content (AvgIpc) is 2.85. The molecule has 3 heteroatoms. The second-order valence-electron chi connectivity index (χ2n) is 3.83. The van der Waals surface area contributed by atoms with Crippen LogP contribution in [0.4, 0.5) is 0 Å². The second kappa shape index (κ2) is 3.87. The Morgan fingerprint density at radius 3 is 2.71 bits per heavy atom. The zero-order valence-electron chi connectivity index (χ0n) is 9.05. The quantitative estimate of drug-likeness (QED) is 0.677. The van der Waals surface area contributed by atoms with Crippen molar-refractivity contribution in [3.63, 3.8) is 0 Å². The van der Waals surface area contributed by atoms with E-state index in [4.69, 9.17) is 0 Å². The van der Waals surface area contributed by atoms with E-state index in [1.807, 2.05) is 48.7 Å². The molecule has 2 aromatic heterocycles. The molecule has 0 amide bonds. The molecule has 0 aliphatic heterocycles. The molecule has 0 bridgehead atoms. The van der Waals surface area contributed by atoms with Crippen molar-refractivity contribution < 1.29 is 4.79 Å². The summed E-state index contributed by atoms with van der Waals surface area (Å²) < 4.78 is 0. The molecule has 0 aliphatic carbocycles. The zero-order valence-corrected chi connectivity index (χ0v) is 9.05.